The van der Waals surface area contributed by atoms with Gasteiger partial charge in [-0.3, -0.25) is 10.1 Å². The van der Waals surface area contributed by atoms with Crippen molar-refractivity contribution in [3.05, 3.63) is 59.0 Å². The zero-order chi connectivity index (χ0) is 21.9. The number of hydrogen-bond acceptors (Lipinski definition) is 6. The van der Waals surface area contributed by atoms with Gasteiger partial charge in [0.1, 0.15) is 5.75 Å². The molecule has 0 aliphatic rings. The molecule has 1 heterocycles. The maximum Gasteiger partial charge on any atom is 0.257 e. The van der Waals surface area contributed by atoms with E-state index in [2.05, 4.69) is 10.3 Å². The summed E-state index contributed by atoms with van der Waals surface area (Å²) in [4.78, 5) is 18.2. The molecular weight excluding hydrogens is 422 g/mol. The maximum atomic E-state index is 12.6. The lowest BCUT2D eigenvalue weighted by molar-refractivity contribution is 0.102. The summed E-state index contributed by atoms with van der Waals surface area (Å²) >= 11 is 1.38. The third kappa shape index (κ3) is 4.69. The van der Waals surface area contributed by atoms with Gasteiger partial charge in [-0.1, -0.05) is 0 Å². The van der Waals surface area contributed by atoms with Gasteiger partial charge in [-0.05, 0) is 62.4 Å². The van der Waals surface area contributed by atoms with Crippen molar-refractivity contribution in [3.8, 4) is 17.0 Å². The highest BCUT2D eigenvalue weighted by Crippen LogP contribution is 2.31. The third-order valence-corrected chi connectivity index (χ3v) is 7.07. The Hall–Kier alpha value is -2.75. The number of rotatable bonds is 7. The molecule has 0 aliphatic heterocycles. The quantitative estimate of drug-likeness (QED) is 0.593. The summed E-state index contributed by atoms with van der Waals surface area (Å²) in [5, 5.41) is 3.26. The topological polar surface area (TPSA) is 88.6 Å². The summed E-state index contributed by atoms with van der Waals surface area (Å²) < 4.78 is 30.9. The second-order valence-corrected chi connectivity index (χ2v) is 10.0. The van der Waals surface area contributed by atoms with Gasteiger partial charge in [0.2, 0.25) is 10.0 Å². The number of hydrogen-bond donors (Lipinski definition) is 1. The minimum absolute atomic E-state index is 0.131. The largest absolute Gasteiger partial charge is 0.494 e. The van der Waals surface area contributed by atoms with Gasteiger partial charge >= 0.3 is 0 Å². The standard InChI is InChI=1S/C21H23N3O4S2/c1-5-28-17-10-6-15(7-11-17)19-14(2)29-21(22-19)23-20(25)16-8-12-18(13-9-16)30(26,27)24(3)4/h6-13H,5H2,1-4H3,(H,22,23,25). The van der Waals surface area contributed by atoms with Crippen LogP contribution in [-0.4, -0.2) is 44.3 Å². The predicted octanol–water partition coefficient (Wildman–Crippen LogP) is 4.02. The van der Waals surface area contributed by atoms with Crippen LogP contribution in [0.5, 0.6) is 5.75 Å². The van der Waals surface area contributed by atoms with Crippen LogP contribution in [0.25, 0.3) is 11.3 Å². The molecule has 0 atom stereocenters. The molecule has 3 rings (SSSR count). The van der Waals surface area contributed by atoms with Crippen LogP contribution in [0.2, 0.25) is 0 Å². The highest BCUT2D eigenvalue weighted by atomic mass is 32.2. The second kappa shape index (κ2) is 8.95. The first-order chi connectivity index (χ1) is 14.2. The summed E-state index contributed by atoms with van der Waals surface area (Å²) in [6.45, 7) is 4.48. The lowest BCUT2D eigenvalue weighted by atomic mass is 10.1. The summed E-state index contributed by atoms with van der Waals surface area (Å²) in [6.07, 6.45) is 0. The van der Waals surface area contributed by atoms with Crippen molar-refractivity contribution in [3.63, 3.8) is 0 Å². The number of benzene rings is 2. The fourth-order valence-corrected chi connectivity index (χ4v) is 4.48. The van der Waals surface area contributed by atoms with E-state index in [-0.39, 0.29) is 10.8 Å². The van der Waals surface area contributed by atoms with Crippen molar-refractivity contribution in [2.75, 3.05) is 26.0 Å². The van der Waals surface area contributed by atoms with Crippen LogP contribution in [0.15, 0.2) is 53.4 Å². The summed E-state index contributed by atoms with van der Waals surface area (Å²) in [6, 6.07) is 13.5. The first-order valence-electron chi connectivity index (χ1n) is 9.27. The zero-order valence-corrected chi connectivity index (χ0v) is 18.8. The summed E-state index contributed by atoms with van der Waals surface area (Å²) in [7, 11) is -0.614. The molecule has 0 unspecified atom stereocenters. The highest BCUT2D eigenvalue weighted by molar-refractivity contribution is 7.89. The number of ether oxygens (including phenoxy) is 1. The fraction of sp³-hybridized carbons (Fsp3) is 0.238. The monoisotopic (exact) mass is 445 g/mol. The minimum Gasteiger partial charge on any atom is -0.494 e. The normalized spacial score (nSPS) is 11.5. The number of carbonyl (C=O) groups excluding carboxylic acids is 1. The Morgan fingerprint density at radius 3 is 2.30 bits per heavy atom. The molecule has 7 nitrogen and oxygen atoms in total. The van der Waals surface area contributed by atoms with Gasteiger partial charge in [-0.15, -0.1) is 11.3 Å². The van der Waals surface area contributed by atoms with Crippen molar-refractivity contribution in [2.24, 2.45) is 0 Å². The molecule has 0 spiro atoms. The molecule has 30 heavy (non-hydrogen) atoms. The lowest BCUT2D eigenvalue weighted by Gasteiger charge is -2.11. The fourth-order valence-electron chi connectivity index (χ4n) is 2.75. The Morgan fingerprint density at radius 2 is 1.73 bits per heavy atom. The smallest absolute Gasteiger partial charge is 0.257 e. The van der Waals surface area contributed by atoms with Crippen LogP contribution in [-0.2, 0) is 10.0 Å². The number of aromatic nitrogens is 1. The Kier molecular flexibility index (Phi) is 6.55. The number of thiazole rings is 1. The molecule has 0 saturated carbocycles. The van der Waals surface area contributed by atoms with E-state index < -0.39 is 10.0 Å². The lowest BCUT2D eigenvalue weighted by Crippen LogP contribution is -2.22. The second-order valence-electron chi connectivity index (χ2n) is 6.65. The van der Waals surface area contributed by atoms with E-state index in [1.807, 2.05) is 38.1 Å². The molecule has 9 heteroatoms. The molecule has 2 aromatic carbocycles. The first kappa shape index (κ1) is 21.9. The average Bonchev–Trinajstić information content (AvgIpc) is 3.08. The number of nitrogens with zero attached hydrogens (tertiary/aromatic N) is 2. The van der Waals surface area contributed by atoms with E-state index >= 15 is 0 Å². The van der Waals surface area contributed by atoms with Crippen LogP contribution >= 0.6 is 11.3 Å². The van der Waals surface area contributed by atoms with E-state index in [0.717, 1.165) is 26.2 Å². The number of amides is 1. The molecule has 158 valence electrons. The van der Waals surface area contributed by atoms with Crippen LogP contribution in [0.3, 0.4) is 0 Å². The highest BCUT2D eigenvalue weighted by Gasteiger charge is 2.18. The maximum absolute atomic E-state index is 12.6. The first-order valence-corrected chi connectivity index (χ1v) is 11.5. The predicted molar refractivity (Wildman–Crippen MR) is 119 cm³/mol. The summed E-state index contributed by atoms with van der Waals surface area (Å²) in [5.41, 5.74) is 2.08. The molecule has 1 aromatic heterocycles. The number of carbonyl (C=O) groups is 1. The van der Waals surface area contributed by atoms with E-state index in [9.17, 15) is 13.2 Å². The van der Waals surface area contributed by atoms with Crippen molar-refractivity contribution >= 4 is 32.4 Å². The van der Waals surface area contributed by atoms with Crippen molar-refractivity contribution < 1.29 is 17.9 Å². The van der Waals surface area contributed by atoms with Gasteiger partial charge in [-0.25, -0.2) is 17.7 Å². The van der Waals surface area contributed by atoms with E-state index in [1.54, 1.807) is 0 Å². The number of nitrogens with one attached hydrogen (secondary N) is 1. The third-order valence-electron chi connectivity index (χ3n) is 4.35. The molecule has 0 saturated heterocycles. The Labute approximate surface area is 180 Å². The molecular formula is C21H23N3O4S2. The molecule has 1 N–H and O–H groups in total. The number of anilines is 1. The number of sulfonamides is 1. The Morgan fingerprint density at radius 1 is 1.10 bits per heavy atom. The minimum atomic E-state index is -3.54. The van der Waals surface area contributed by atoms with E-state index in [1.165, 1.54) is 49.7 Å². The van der Waals surface area contributed by atoms with Crippen molar-refractivity contribution in [1.29, 1.82) is 0 Å². The molecule has 0 aliphatic carbocycles. The van der Waals surface area contributed by atoms with Crippen LogP contribution in [0.4, 0.5) is 5.13 Å². The molecule has 0 radical (unpaired) electrons. The zero-order valence-electron chi connectivity index (χ0n) is 17.2. The van der Waals surface area contributed by atoms with Crippen molar-refractivity contribution in [1.82, 2.24) is 9.29 Å². The Bertz CT molecular complexity index is 1140. The van der Waals surface area contributed by atoms with Crippen LogP contribution in [0.1, 0.15) is 22.2 Å². The SMILES string of the molecule is CCOc1ccc(-c2nc(NC(=O)c3ccc(S(=O)(=O)N(C)C)cc3)sc2C)cc1. The van der Waals surface area contributed by atoms with Gasteiger partial charge in [0.15, 0.2) is 5.13 Å². The van der Waals surface area contributed by atoms with E-state index in [4.69, 9.17) is 4.74 Å². The number of aryl methyl sites for hydroxylation is 1. The van der Waals surface area contributed by atoms with Gasteiger partial charge in [-0.2, -0.15) is 0 Å². The Balaban J connectivity index is 1.75. The molecule has 0 bridgehead atoms. The van der Waals surface area contributed by atoms with Crippen molar-refractivity contribution in [2.45, 2.75) is 18.7 Å². The van der Waals surface area contributed by atoms with Crippen LogP contribution < -0.4 is 10.1 Å². The average molecular weight is 446 g/mol. The molecule has 3 aromatic rings. The van der Waals surface area contributed by atoms with Gasteiger partial charge in [0.05, 0.1) is 17.2 Å². The summed E-state index contributed by atoms with van der Waals surface area (Å²) in [5.74, 6) is 0.443. The van der Waals surface area contributed by atoms with Gasteiger partial charge in [0, 0.05) is 30.1 Å². The van der Waals surface area contributed by atoms with Crippen LogP contribution in [0, 0.1) is 6.92 Å². The van der Waals surface area contributed by atoms with Gasteiger partial charge in [0.25, 0.3) is 5.91 Å². The van der Waals surface area contributed by atoms with Gasteiger partial charge < -0.3 is 4.74 Å². The molecule has 1 amide bonds. The van der Waals surface area contributed by atoms with E-state index in [0.29, 0.717) is 17.3 Å². The molecule has 0 fully saturated rings.